The lowest BCUT2D eigenvalue weighted by molar-refractivity contribution is 0.0979. The van der Waals surface area contributed by atoms with E-state index >= 15 is 0 Å². The fraction of sp³-hybridized carbons (Fsp3) is 0.447. The van der Waals surface area contributed by atoms with Crippen molar-refractivity contribution in [2.75, 3.05) is 17.2 Å². The third-order valence-electron chi connectivity index (χ3n) is 9.38. The Kier molecular flexibility index (Phi) is 10.5. The summed E-state index contributed by atoms with van der Waals surface area (Å²) in [5.74, 6) is 0.700. The highest BCUT2D eigenvalue weighted by Crippen LogP contribution is 2.39. The second-order valence-electron chi connectivity index (χ2n) is 12.4. The molecule has 0 spiro atoms. The van der Waals surface area contributed by atoms with E-state index in [9.17, 15) is 14.4 Å². The lowest BCUT2D eigenvalue weighted by atomic mass is 9.77. The number of hydrogen-bond acceptors (Lipinski definition) is 4. The maximum atomic E-state index is 13.7. The van der Waals surface area contributed by atoms with Gasteiger partial charge in [-0.2, -0.15) is 0 Å². The molecule has 43 heavy (non-hydrogen) atoms. The fourth-order valence-electron chi connectivity index (χ4n) is 6.82. The topological polar surface area (TPSA) is 75.3 Å². The van der Waals surface area contributed by atoms with Crippen molar-refractivity contribution in [3.05, 3.63) is 94.0 Å². The Morgan fingerprint density at radius 1 is 0.698 bits per heavy atom. The van der Waals surface area contributed by atoms with Crippen LogP contribution in [0, 0.1) is 5.92 Å². The molecule has 0 atom stereocenters. The van der Waals surface area contributed by atoms with E-state index in [1.165, 1.54) is 56.9 Å². The standard InChI is InChI=1S/C38H46N2O3/c1-3-5-7-11-25-39-32-23-24-33(35-34(32)36(41)30-13-9-10-14-31(30)37(35)42)40-38(43)29-21-19-28(20-22-29)27-17-15-26(16-18-27)12-8-6-4-2/h9-10,13-14,19-24,26-27,39H,3-8,11-12,15-18,25H2,1-2H3,(H,40,43). The van der Waals surface area contributed by atoms with Gasteiger partial charge in [0.25, 0.3) is 5.91 Å². The van der Waals surface area contributed by atoms with Gasteiger partial charge in [-0.1, -0.05) is 95.2 Å². The summed E-state index contributed by atoms with van der Waals surface area (Å²) < 4.78 is 0. The van der Waals surface area contributed by atoms with Crippen molar-refractivity contribution in [2.24, 2.45) is 5.92 Å². The van der Waals surface area contributed by atoms with Gasteiger partial charge in [-0.25, -0.2) is 0 Å². The molecule has 0 aliphatic heterocycles. The fourth-order valence-corrected chi connectivity index (χ4v) is 6.82. The van der Waals surface area contributed by atoms with Gasteiger partial charge in [0.15, 0.2) is 11.6 Å². The van der Waals surface area contributed by atoms with Crippen molar-refractivity contribution in [3.63, 3.8) is 0 Å². The first kappa shape index (κ1) is 30.7. The number of carbonyl (C=O) groups is 3. The van der Waals surface area contributed by atoms with E-state index in [0.717, 1.165) is 31.6 Å². The van der Waals surface area contributed by atoms with Crippen LogP contribution in [0.5, 0.6) is 0 Å². The second-order valence-corrected chi connectivity index (χ2v) is 12.4. The summed E-state index contributed by atoms with van der Waals surface area (Å²) in [5.41, 5.74) is 4.24. The Morgan fingerprint density at radius 2 is 1.30 bits per heavy atom. The van der Waals surface area contributed by atoms with Crippen molar-refractivity contribution in [3.8, 4) is 0 Å². The number of unbranched alkanes of at least 4 members (excludes halogenated alkanes) is 5. The van der Waals surface area contributed by atoms with Crippen molar-refractivity contribution in [1.29, 1.82) is 0 Å². The van der Waals surface area contributed by atoms with Gasteiger partial charge in [0.1, 0.15) is 0 Å². The number of amides is 1. The molecule has 3 aromatic rings. The quantitative estimate of drug-likeness (QED) is 0.155. The molecule has 2 aliphatic carbocycles. The van der Waals surface area contributed by atoms with Gasteiger partial charge in [-0.3, -0.25) is 14.4 Å². The average Bonchev–Trinajstić information content (AvgIpc) is 3.04. The molecule has 5 heteroatoms. The van der Waals surface area contributed by atoms with Gasteiger partial charge < -0.3 is 10.6 Å². The van der Waals surface area contributed by atoms with Gasteiger partial charge in [0.2, 0.25) is 0 Å². The summed E-state index contributed by atoms with van der Waals surface area (Å²) in [4.78, 5) is 40.9. The number of rotatable bonds is 13. The van der Waals surface area contributed by atoms with Crippen LogP contribution >= 0.6 is 0 Å². The van der Waals surface area contributed by atoms with Gasteiger partial charge >= 0.3 is 0 Å². The van der Waals surface area contributed by atoms with E-state index in [1.54, 1.807) is 30.3 Å². The van der Waals surface area contributed by atoms with Crippen LogP contribution in [0.4, 0.5) is 11.4 Å². The van der Waals surface area contributed by atoms with E-state index < -0.39 is 0 Å². The summed E-state index contributed by atoms with van der Waals surface area (Å²) in [6.07, 6.45) is 14.7. The van der Waals surface area contributed by atoms with Crippen LogP contribution in [-0.4, -0.2) is 24.0 Å². The molecule has 0 bridgehead atoms. The van der Waals surface area contributed by atoms with Crippen molar-refractivity contribution in [1.82, 2.24) is 0 Å². The number of ketones is 2. The molecule has 1 amide bonds. The molecule has 2 aliphatic rings. The third-order valence-corrected chi connectivity index (χ3v) is 9.38. The first-order chi connectivity index (χ1) is 21.0. The van der Waals surface area contributed by atoms with Gasteiger partial charge in [-0.05, 0) is 73.8 Å². The summed E-state index contributed by atoms with van der Waals surface area (Å²) in [6.45, 7) is 5.15. The van der Waals surface area contributed by atoms with E-state index in [1.807, 2.05) is 18.2 Å². The number of benzene rings is 3. The number of anilines is 2. The Bertz CT molecular complexity index is 1430. The lowest BCUT2D eigenvalue weighted by Gasteiger charge is -2.29. The van der Waals surface area contributed by atoms with E-state index in [2.05, 4.69) is 36.6 Å². The zero-order chi connectivity index (χ0) is 30.2. The first-order valence-electron chi connectivity index (χ1n) is 16.5. The molecule has 226 valence electrons. The zero-order valence-electron chi connectivity index (χ0n) is 25.8. The van der Waals surface area contributed by atoms with Crippen molar-refractivity contribution < 1.29 is 14.4 Å². The van der Waals surface area contributed by atoms with E-state index in [0.29, 0.717) is 46.1 Å². The number of carbonyl (C=O) groups excluding carboxylic acids is 3. The minimum atomic E-state index is -0.284. The lowest BCUT2D eigenvalue weighted by Crippen LogP contribution is -2.25. The molecule has 3 aromatic carbocycles. The average molecular weight is 579 g/mol. The van der Waals surface area contributed by atoms with Crippen LogP contribution < -0.4 is 10.6 Å². The third kappa shape index (κ3) is 7.09. The molecule has 5 rings (SSSR count). The summed E-state index contributed by atoms with van der Waals surface area (Å²) in [5, 5.41) is 6.36. The van der Waals surface area contributed by atoms with Crippen LogP contribution in [0.2, 0.25) is 0 Å². The van der Waals surface area contributed by atoms with Crippen LogP contribution in [0.15, 0.2) is 60.7 Å². The Balaban J connectivity index is 1.31. The molecule has 1 saturated carbocycles. The van der Waals surface area contributed by atoms with Gasteiger partial charge in [-0.15, -0.1) is 0 Å². The van der Waals surface area contributed by atoms with Crippen molar-refractivity contribution in [2.45, 2.75) is 96.8 Å². The Labute approximate surface area is 256 Å². The molecule has 0 radical (unpaired) electrons. The minimum Gasteiger partial charge on any atom is -0.384 e. The number of nitrogens with one attached hydrogen (secondary N) is 2. The highest BCUT2D eigenvalue weighted by Gasteiger charge is 2.34. The predicted octanol–water partition coefficient (Wildman–Crippen LogP) is 9.56. The number of fused-ring (bicyclic) bond motifs is 2. The molecule has 0 saturated heterocycles. The summed E-state index contributed by atoms with van der Waals surface area (Å²) in [7, 11) is 0. The smallest absolute Gasteiger partial charge is 0.255 e. The predicted molar refractivity (Wildman–Crippen MR) is 176 cm³/mol. The Morgan fingerprint density at radius 3 is 1.95 bits per heavy atom. The molecule has 0 aromatic heterocycles. The SMILES string of the molecule is CCCCCCNc1ccc(NC(=O)c2ccc(C3CCC(CCCCC)CC3)cc2)c2c1C(=O)c1ccccc1C2=O. The van der Waals surface area contributed by atoms with Gasteiger partial charge in [0.05, 0.1) is 16.8 Å². The monoisotopic (exact) mass is 578 g/mol. The molecule has 0 heterocycles. The van der Waals surface area contributed by atoms with Crippen LogP contribution in [0.1, 0.15) is 145 Å². The maximum Gasteiger partial charge on any atom is 0.255 e. The maximum absolute atomic E-state index is 13.7. The molecule has 5 nitrogen and oxygen atoms in total. The van der Waals surface area contributed by atoms with Crippen LogP contribution in [-0.2, 0) is 0 Å². The Hall–Kier alpha value is -3.73. The highest BCUT2D eigenvalue weighted by molar-refractivity contribution is 6.32. The highest BCUT2D eigenvalue weighted by atomic mass is 16.2. The van der Waals surface area contributed by atoms with E-state index in [4.69, 9.17) is 0 Å². The minimum absolute atomic E-state index is 0.193. The van der Waals surface area contributed by atoms with Crippen LogP contribution in [0.3, 0.4) is 0 Å². The second kappa shape index (κ2) is 14.6. The molecule has 0 unspecified atom stereocenters. The van der Waals surface area contributed by atoms with E-state index in [-0.39, 0.29) is 23.0 Å². The summed E-state index contributed by atoms with van der Waals surface area (Å²) in [6, 6.07) is 18.4. The van der Waals surface area contributed by atoms with Crippen molar-refractivity contribution >= 4 is 28.8 Å². The summed E-state index contributed by atoms with van der Waals surface area (Å²) >= 11 is 0. The molecular formula is C38H46N2O3. The van der Waals surface area contributed by atoms with Gasteiger partial charge in [0, 0.05) is 28.9 Å². The largest absolute Gasteiger partial charge is 0.384 e. The molecule has 2 N–H and O–H groups in total. The first-order valence-corrected chi connectivity index (χ1v) is 16.5. The zero-order valence-corrected chi connectivity index (χ0v) is 25.8. The number of hydrogen-bond donors (Lipinski definition) is 2. The van der Waals surface area contributed by atoms with Crippen LogP contribution in [0.25, 0.3) is 0 Å². The molecule has 1 fully saturated rings. The molecular weight excluding hydrogens is 532 g/mol. The normalized spacial score (nSPS) is 17.7.